The number of nitrogens with zero attached hydrogens (tertiary/aromatic N) is 4. The number of rotatable bonds is 6. The van der Waals surface area contributed by atoms with Gasteiger partial charge in [0.05, 0.1) is 11.8 Å². The quantitative estimate of drug-likeness (QED) is 0.620. The molecule has 0 amide bonds. The number of benzene rings is 1. The van der Waals surface area contributed by atoms with Gasteiger partial charge in [0.1, 0.15) is 11.6 Å². The number of sulfonamides is 1. The van der Waals surface area contributed by atoms with Crippen LogP contribution in [0.5, 0.6) is 0 Å². The zero-order valence-electron chi connectivity index (χ0n) is 16.2. The minimum absolute atomic E-state index is 0.217. The molecule has 0 saturated carbocycles. The molecule has 3 heterocycles. The van der Waals surface area contributed by atoms with Gasteiger partial charge in [0.25, 0.3) is 0 Å². The zero-order chi connectivity index (χ0) is 20.4. The average Bonchev–Trinajstić information content (AvgIpc) is 3.30. The van der Waals surface area contributed by atoms with Gasteiger partial charge in [-0.25, -0.2) is 17.8 Å². The van der Waals surface area contributed by atoms with E-state index in [-0.39, 0.29) is 11.8 Å². The van der Waals surface area contributed by atoms with Crippen molar-refractivity contribution in [3.63, 3.8) is 0 Å². The van der Waals surface area contributed by atoms with Crippen LogP contribution in [0, 0.1) is 12.7 Å². The van der Waals surface area contributed by atoms with Gasteiger partial charge >= 0.3 is 0 Å². The van der Waals surface area contributed by atoms with Gasteiger partial charge in [-0.1, -0.05) is 12.1 Å². The lowest BCUT2D eigenvalue weighted by atomic mass is 10.2. The summed E-state index contributed by atoms with van der Waals surface area (Å²) < 4.78 is 43.4. The molecule has 1 unspecified atom stereocenters. The maximum absolute atomic E-state index is 13.5. The van der Waals surface area contributed by atoms with E-state index in [1.165, 1.54) is 22.5 Å². The Morgan fingerprint density at radius 2 is 1.97 bits per heavy atom. The van der Waals surface area contributed by atoms with Crippen molar-refractivity contribution in [3.8, 4) is 0 Å². The Kier molecular flexibility index (Phi) is 5.47. The van der Waals surface area contributed by atoms with E-state index in [0.717, 1.165) is 29.9 Å². The van der Waals surface area contributed by atoms with Gasteiger partial charge < -0.3 is 4.57 Å². The second-order valence-electron chi connectivity index (χ2n) is 7.35. The van der Waals surface area contributed by atoms with Crippen LogP contribution in [0.3, 0.4) is 0 Å². The predicted octanol–water partition coefficient (Wildman–Crippen LogP) is 3.44. The highest BCUT2D eigenvalue weighted by Crippen LogP contribution is 2.35. The smallest absolute Gasteiger partial charge is 0.218 e. The van der Waals surface area contributed by atoms with E-state index >= 15 is 0 Å². The minimum atomic E-state index is -3.60. The number of aryl methyl sites for hydroxylation is 1. The van der Waals surface area contributed by atoms with Gasteiger partial charge in [-0.3, -0.25) is 4.98 Å². The Bertz CT molecular complexity index is 1100. The lowest BCUT2D eigenvalue weighted by molar-refractivity contribution is 0.373. The summed E-state index contributed by atoms with van der Waals surface area (Å²) in [5.41, 5.74) is 2.51. The fourth-order valence-corrected chi connectivity index (χ4v) is 5.63. The molecule has 3 aromatic rings. The van der Waals surface area contributed by atoms with E-state index in [4.69, 9.17) is 0 Å². The number of halogens is 1. The Morgan fingerprint density at radius 3 is 2.72 bits per heavy atom. The first-order chi connectivity index (χ1) is 13.9. The first-order valence-corrected chi connectivity index (χ1v) is 11.2. The largest absolute Gasteiger partial charge is 0.327 e. The van der Waals surface area contributed by atoms with Crippen LogP contribution in [0.15, 0.2) is 55.0 Å². The molecule has 0 N–H and O–H groups in total. The van der Waals surface area contributed by atoms with E-state index in [2.05, 4.69) is 14.5 Å². The van der Waals surface area contributed by atoms with E-state index < -0.39 is 15.8 Å². The Balaban J connectivity index is 1.62. The summed E-state index contributed by atoms with van der Waals surface area (Å²) in [7, 11) is -3.60. The molecule has 1 aromatic carbocycles. The van der Waals surface area contributed by atoms with E-state index in [1.54, 1.807) is 24.7 Å². The second-order valence-corrected chi connectivity index (χ2v) is 9.28. The maximum atomic E-state index is 13.5. The summed E-state index contributed by atoms with van der Waals surface area (Å²) in [6.07, 6.45) is 6.76. The van der Waals surface area contributed by atoms with Gasteiger partial charge in [0.15, 0.2) is 0 Å². The highest BCUT2D eigenvalue weighted by molar-refractivity contribution is 7.88. The van der Waals surface area contributed by atoms with Crippen molar-refractivity contribution in [3.05, 3.63) is 83.5 Å². The molecule has 8 heteroatoms. The van der Waals surface area contributed by atoms with Crippen LogP contribution < -0.4 is 0 Å². The van der Waals surface area contributed by atoms with Gasteiger partial charge in [-0.05, 0) is 55.2 Å². The molecule has 1 atom stereocenters. The van der Waals surface area contributed by atoms with Gasteiger partial charge in [0, 0.05) is 37.4 Å². The van der Waals surface area contributed by atoms with Crippen molar-refractivity contribution < 1.29 is 12.8 Å². The van der Waals surface area contributed by atoms with Crippen LogP contribution in [-0.2, 0) is 22.3 Å². The number of aromatic nitrogens is 3. The lowest BCUT2D eigenvalue weighted by Gasteiger charge is -2.25. The fourth-order valence-electron chi connectivity index (χ4n) is 3.87. The average molecular weight is 415 g/mol. The van der Waals surface area contributed by atoms with E-state index in [0.29, 0.717) is 18.7 Å². The molecular formula is C21H23FN4O2S. The van der Waals surface area contributed by atoms with Crippen molar-refractivity contribution >= 4 is 10.0 Å². The molecule has 1 fully saturated rings. The van der Waals surface area contributed by atoms with E-state index in [9.17, 15) is 12.8 Å². The molecule has 1 aliphatic heterocycles. The first-order valence-electron chi connectivity index (χ1n) is 9.59. The molecule has 152 valence electrons. The number of imidazole rings is 1. The molecule has 6 nitrogen and oxygen atoms in total. The summed E-state index contributed by atoms with van der Waals surface area (Å²) in [5.74, 6) is 0.101. The van der Waals surface area contributed by atoms with Crippen molar-refractivity contribution in [2.24, 2.45) is 0 Å². The van der Waals surface area contributed by atoms with E-state index in [1.807, 2.05) is 19.1 Å². The van der Waals surface area contributed by atoms with Gasteiger partial charge in [-0.15, -0.1) is 0 Å². The monoisotopic (exact) mass is 414 g/mol. The summed E-state index contributed by atoms with van der Waals surface area (Å²) in [6, 6.07) is 9.33. The standard InChI is InChI=1S/C21H23FN4O2S/c1-16-13-24-21(25(16)14-17-7-9-23-10-8-17)20-6-3-11-26(20)29(27,28)15-18-4-2-5-19(22)12-18/h2,4-5,7-10,12-13,20H,3,6,11,14-15H2,1H3. The van der Waals surface area contributed by atoms with Crippen LogP contribution in [0.1, 0.15) is 41.5 Å². The number of pyridine rings is 1. The molecule has 29 heavy (non-hydrogen) atoms. The summed E-state index contributed by atoms with van der Waals surface area (Å²) in [6.45, 7) is 3.03. The molecule has 2 aromatic heterocycles. The number of hydrogen-bond acceptors (Lipinski definition) is 4. The van der Waals surface area contributed by atoms with Crippen molar-refractivity contribution in [1.29, 1.82) is 0 Å². The summed E-state index contributed by atoms with van der Waals surface area (Å²) >= 11 is 0. The normalized spacial score (nSPS) is 17.7. The topological polar surface area (TPSA) is 68.1 Å². The molecule has 0 radical (unpaired) electrons. The zero-order valence-corrected chi connectivity index (χ0v) is 17.0. The molecule has 4 rings (SSSR count). The lowest BCUT2D eigenvalue weighted by Crippen LogP contribution is -2.33. The highest BCUT2D eigenvalue weighted by atomic mass is 32.2. The fraction of sp³-hybridized carbons (Fsp3) is 0.333. The van der Waals surface area contributed by atoms with Crippen LogP contribution in [0.2, 0.25) is 0 Å². The van der Waals surface area contributed by atoms with Crippen LogP contribution in [0.4, 0.5) is 4.39 Å². The number of hydrogen-bond donors (Lipinski definition) is 0. The predicted molar refractivity (Wildman–Crippen MR) is 108 cm³/mol. The Labute approximate surface area is 170 Å². The summed E-state index contributed by atoms with van der Waals surface area (Å²) in [5, 5.41) is 0. The van der Waals surface area contributed by atoms with Crippen LogP contribution >= 0.6 is 0 Å². The minimum Gasteiger partial charge on any atom is -0.327 e. The molecule has 1 aliphatic rings. The van der Waals surface area contributed by atoms with Crippen LogP contribution in [-0.4, -0.2) is 33.8 Å². The first kappa shape index (κ1) is 19.7. The third kappa shape index (κ3) is 4.23. The Morgan fingerprint density at radius 1 is 1.17 bits per heavy atom. The maximum Gasteiger partial charge on any atom is 0.218 e. The highest BCUT2D eigenvalue weighted by Gasteiger charge is 2.37. The van der Waals surface area contributed by atoms with Crippen molar-refractivity contribution in [2.45, 2.75) is 38.1 Å². The Hall–Kier alpha value is -2.58. The summed E-state index contributed by atoms with van der Waals surface area (Å²) in [4.78, 5) is 8.61. The molecule has 1 saturated heterocycles. The molecule has 0 spiro atoms. The van der Waals surface area contributed by atoms with Crippen molar-refractivity contribution in [1.82, 2.24) is 18.8 Å². The van der Waals surface area contributed by atoms with Gasteiger partial charge in [0.2, 0.25) is 10.0 Å². The third-order valence-corrected chi connectivity index (χ3v) is 7.12. The van der Waals surface area contributed by atoms with Crippen molar-refractivity contribution in [2.75, 3.05) is 6.54 Å². The SMILES string of the molecule is Cc1cnc(C2CCCN2S(=O)(=O)Cc2cccc(F)c2)n1Cc1ccncc1. The molecule has 0 bridgehead atoms. The van der Waals surface area contributed by atoms with Crippen LogP contribution in [0.25, 0.3) is 0 Å². The van der Waals surface area contributed by atoms with Gasteiger partial charge in [-0.2, -0.15) is 4.31 Å². The molecular weight excluding hydrogens is 391 g/mol. The second kappa shape index (κ2) is 8.04. The third-order valence-electron chi connectivity index (χ3n) is 5.27. The molecule has 0 aliphatic carbocycles.